The molecule has 0 bridgehead atoms. The summed E-state index contributed by atoms with van der Waals surface area (Å²) in [5.74, 6) is 0.903. The van der Waals surface area contributed by atoms with Gasteiger partial charge in [-0.05, 0) is 25.7 Å². The van der Waals surface area contributed by atoms with E-state index < -0.39 is 0 Å². The van der Waals surface area contributed by atoms with Crippen molar-refractivity contribution in [2.75, 3.05) is 12.4 Å². The molecule has 1 N–H and O–H groups in total. The van der Waals surface area contributed by atoms with Crippen LogP contribution in [-0.2, 0) is 10.3 Å². The Hall–Kier alpha value is -0.680. The fraction of sp³-hybridized carbons (Fsp3) is 0.846. The highest BCUT2D eigenvalue weighted by Crippen LogP contribution is 2.38. The van der Waals surface area contributed by atoms with Crippen LogP contribution in [0.1, 0.15) is 57.2 Å². The molecule has 2 fully saturated rings. The van der Waals surface area contributed by atoms with Crippen LogP contribution in [0.5, 0.6) is 0 Å². The summed E-state index contributed by atoms with van der Waals surface area (Å²) in [5, 5.41) is 4.39. The first-order chi connectivity index (χ1) is 8.82. The van der Waals surface area contributed by atoms with Crippen LogP contribution in [0, 0.1) is 0 Å². The molecule has 18 heavy (non-hydrogen) atoms. The van der Waals surface area contributed by atoms with Crippen LogP contribution in [0.25, 0.3) is 0 Å². The van der Waals surface area contributed by atoms with Gasteiger partial charge < -0.3 is 10.1 Å². The molecule has 0 aliphatic heterocycles. The summed E-state index contributed by atoms with van der Waals surface area (Å²) in [4.78, 5) is 4.67. The van der Waals surface area contributed by atoms with E-state index in [0.717, 1.165) is 23.8 Å². The summed E-state index contributed by atoms with van der Waals surface area (Å²) in [6, 6.07) is 0.637. The molecule has 2 saturated carbocycles. The Morgan fingerprint density at radius 2 is 1.94 bits per heavy atom. The van der Waals surface area contributed by atoms with Crippen molar-refractivity contribution in [2.45, 2.75) is 63.0 Å². The maximum absolute atomic E-state index is 5.83. The molecule has 3 rings (SSSR count). The lowest BCUT2D eigenvalue weighted by Gasteiger charge is -2.28. The normalized spacial score (nSPS) is 23.6. The largest absolute Gasteiger partial charge is 0.370 e. The predicted octanol–water partition coefficient (Wildman–Crippen LogP) is 3.31. The number of hydrogen-bond acceptors (Lipinski definition) is 5. The fourth-order valence-electron chi connectivity index (χ4n) is 2.69. The van der Waals surface area contributed by atoms with Crippen LogP contribution in [-0.4, -0.2) is 22.5 Å². The topological polar surface area (TPSA) is 47.0 Å². The monoisotopic (exact) mass is 267 g/mol. The van der Waals surface area contributed by atoms with Gasteiger partial charge in [0.1, 0.15) is 5.60 Å². The van der Waals surface area contributed by atoms with Gasteiger partial charge in [0.2, 0.25) is 5.13 Å². The van der Waals surface area contributed by atoms with Gasteiger partial charge in [-0.25, -0.2) is 4.98 Å². The van der Waals surface area contributed by atoms with E-state index in [-0.39, 0.29) is 5.60 Å². The molecule has 100 valence electrons. The van der Waals surface area contributed by atoms with Gasteiger partial charge in [0, 0.05) is 24.7 Å². The maximum Gasteiger partial charge on any atom is 0.202 e. The van der Waals surface area contributed by atoms with Crippen LogP contribution in [0.3, 0.4) is 0 Å². The van der Waals surface area contributed by atoms with E-state index in [1.165, 1.54) is 50.1 Å². The smallest absolute Gasteiger partial charge is 0.202 e. The zero-order valence-electron chi connectivity index (χ0n) is 10.9. The van der Waals surface area contributed by atoms with Gasteiger partial charge in [-0.2, -0.15) is 4.37 Å². The Morgan fingerprint density at radius 3 is 2.56 bits per heavy atom. The van der Waals surface area contributed by atoms with Gasteiger partial charge >= 0.3 is 0 Å². The lowest BCUT2D eigenvalue weighted by Crippen LogP contribution is -2.29. The van der Waals surface area contributed by atoms with E-state index in [0.29, 0.717) is 6.04 Å². The average molecular weight is 267 g/mol. The first-order valence-corrected chi connectivity index (χ1v) is 7.76. The van der Waals surface area contributed by atoms with E-state index in [2.05, 4.69) is 14.7 Å². The summed E-state index contributed by atoms with van der Waals surface area (Å²) in [7, 11) is 1.81. The van der Waals surface area contributed by atoms with Crippen LogP contribution in [0.4, 0.5) is 5.13 Å². The minimum Gasteiger partial charge on any atom is -0.370 e. The number of anilines is 1. The van der Waals surface area contributed by atoms with E-state index >= 15 is 0 Å². The molecule has 1 aromatic rings. The van der Waals surface area contributed by atoms with Crippen molar-refractivity contribution in [1.82, 2.24) is 9.36 Å². The highest BCUT2D eigenvalue weighted by atomic mass is 32.1. The van der Waals surface area contributed by atoms with Gasteiger partial charge in [-0.3, -0.25) is 0 Å². The molecular formula is C13H21N3OS. The lowest BCUT2D eigenvalue weighted by atomic mass is 9.93. The van der Waals surface area contributed by atoms with Crippen molar-refractivity contribution in [1.29, 1.82) is 0 Å². The van der Waals surface area contributed by atoms with Crippen molar-refractivity contribution in [3.8, 4) is 0 Å². The van der Waals surface area contributed by atoms with Gasteiger partial charge in [0.25, 0.3) is 0 Å². The third kappa shape index (κ3) is 2.52. The van der Waals surface area contributed by atoms with Crippen LogP contribution in [0.15, 0.2) is 0 Å². The molecule has 1 heterocycles. The minimum atomic E-state index is -0.226. The predicted molar refractivity (Wildman–Crippen MR) is 72.9 cm³/mol. The van der Waals surface area contributed by atoms with Gasteiger partial charge in [0.05, 0.1) is 0 Å². The van der Waals surface area contributed by atoms with E-state index in [4.69, 9.17) is 4.74 Å². The molecule has 0 amide bonds. The highest BCUT2D eigenvalue weighted by molar-refractivity contribution is 7.09. The van der Waals surface area contributed by atoms with Crippen molar-refractivity contribution in [2.24, 2.45) is 0 Å². The van der Waals surface area contributed by atoms with Crippen molar-refractivity contribution >= 4 is 16.7 Å². The number of methoxy groups -OCH3 is 1. The second-order valence-corrected chi connectivity index (χ2v) is 6.21. The number of aromatic nitrogens is 2. The molecule has 1 aromatic heterocycles. The molecule has 4 nitrogen and oxygen atoms in total. The highest BCUT2D eigenvalue weighted by Gasteiger charge is 2.37. The molecule has 0 aromatic carbocycles. The fourth-order valence-corrected chi connectivity index (χ4v) is 3.41. The summed E-state index contributed by atoms with van der Waals surface area (Å²) >= 11 is 1.48. The third-order valence-corrected chi connectivity index (χ3v) is 4.69. The lowest BCUT2D eigenvalue weighted by molar-refractivity contribution is -0.0341. The Balaban J connectivity index is 1.78. The Bertz CT molecular complexity index is 395. The minimum absolute atomic E-state index is 0.226. The SMILES string of the molecule is COC1(c2nsc(NC3CC3)n2)CCCCCC1. The number of nitrogens with one attached hydrogen (secondary N) is 1. The van der Waals surface area contributed by atoms with E-state index in [1.54, 1.807) is 7.11 Å². The number of rotatable bonds is 4. The van der Waals surface area contributed by atoms with Crippen molar-refractivity contribution < 1.29 is 4.74 Å². The van der Waals surface area contributed by atoms with Crippen LogP contribution >= 0.6 is 11.5 Å². The average Bonchev–Trinajstić information content (AvgIpc) is 3.13. The third-order valence-electron chi connectivity index (χ3n) is 4.04. The van der Waals surface area contributed by atoms with Crippen molar-refractivity contribution in [3.63, 3.8) is 0 Å². The number of ether oxygens (including phenoxy) is 1. The molecule has 0 atom stereocenters. The first kappa shape index (κ1) is 12.4. The summed E-state index contributed by atoms with van der Waals surface area (Å²) in [6.45, 7) is 0. The maximum atomic E-state index is 5.83. The van der Waals surface area contributed by atoms with Crippen LogP contribution < -0.4 is 5.32 Å². The Kier molecular flexibility index (Phi) is 3.52. The molecule has 2 aliphatic carbocycles. The van der Waals surface area contributed by atoms with Crippen molar-refractivity contribution in [3.05, 3.63) is 5.82 Å². The molecule has 0 radical (unpaired) electrons. The summed E-state index contributed by atoms with van der Waals surface area (Å²) in [6.07, 6.45) is 9.71. The van der Waals surface area contributed by atoms with Gasteiger partial charge in [0.15, 0.2) is 5.82 Å². The number of nitrogens with zero attached hydrogens (tertiary/aromatic N) is 2. The van der Waals surface area contributed by atoms with Gasteiger partial charge in [-0.1, -0.05) is 25.7 Å². The summed E-state index contributed by atoms with van der Waals surface area (Å²) < 4.78 is 10.4. The van der Waals surface area contributed by atoms with E-state index in [1.807, 2.05) is 0 Å². The zero-order chi connectivity index (χ0) is 12.4. The summed E-state index contributed by atoms with van der Waals surface area (Å²) in [5.41, 5.74) is -0.226. The Labute approximate surface area is 112 Å². The quantitative estimate of drug-likeness (QED) is 0.850. The standard InChI is InChI=1S/C13H21N3OS/c1-17-13(8-4-2-3-5-9-13)11-15-12(18-16-11)14-10-6-7-10/h10H,2-9H2,1H3,(H,14,15,16). The first-order valence-electron chi connectivity index (χ1n) is 6.98. The second-order valence-electron chi connectivity index (χ2n) is 5.45. The second kappa shape index (κ2) is 5.13. The molecule has 0 spiro atoms. The Morgan fingerprint density at radius 1 is 1.22 bits per heavy atom. The van der Waals surface area contributed by atoms with Gasteiger partial charge in [-0.15, -0.1) is 0 Å². The van der Waals surface area contributed by atoms with Crippen LogP contribution in [0.2, 0.25) is 0 Å². The molecule has 5 heteroatoms. The number of hydrogen-bond donors (Lipinski definition) is 1. The zero-order valence-corrected chi connectivity index (χ0v) is 11.8. The molecule has 0 saturated heterocycles. The molecule has 2 aliphatic rings. The molecular weight excluding hydrogens is 246 g/mol. The van der Waals surface area contributed by atoms with E-state index in [9.17, 15) is 0 Å². The molecule has 0 unspecified atom stereocenters.